The number of likely N-dealkylation sites (tertiary alicyclic amines) is 1. The molecule has 5 rings (SSSR count). The molecule has 1 aromatic carbocycles. The number of urea groups is 1. The number of para-hydroxylation sites is 1. The van der Waals surface area contributed by atoms with E-state index in [1.54, 1.807) is 17.5 Å². The number of carbonyl (C=O) groups is 2. The first kappa shape index (κ1) is 22.0. The number of fused-ring (bicyclic) bond motifs is 1. The fourth-order valence-corrected chi connectivity index (χ4v) is 6.16. The number of carbonyl (C=O) groups excluding carboxylic acids is 2. The minimum absolute atomic E-state index is 0.0137. The Morgan fingerprint density at radius 1 is 1.09 bits per heavy atom. The smallest absolute Gasteiger partial charge is 0.310 e. The lowest BCUT2D eigenvalue weighted by Gasteiger charge is -2.41. The lowest BCUT2D eigenvalue weighted by Crippen LogP contribution is -2.56. The van der Waals surface area contributed by atoms with Crippen LogP contribution < -0.4 is 0 Å². The molecule has 2 aliphatic rings. The molecule has 1 spiro atoms. The fraction of sp³-hybridized carbons (Fsp3) is 0.440. The van der Waals surface area contributed by atoms with Crippen molar-refractivity contribution >= 4 is 33.5 Å². The van der Waals surface area contributed by atoms with Crippen LogP contribution in [-0.4, -0.2) is 68.3 Å². The predicted octanol–water partition coefficient (Wildman–Crippen LogP) is 3.94. The van der Waals surface area contributed by atoms with Crippen molar-refractivity contribution in [2.45, 2.75) is 44.7 Å². The van der Waals surface area contributed by atoms with Crippen molar-refractivity contribution in [2.75, 3.05) is 26.2 Å². The van der Waals surface area contributed by atoms with Crippen molar-refractivity contribution in [3.05, 3.63) is 59.4 Å². The van der Waals surface area contributed by atoms with Gasteiger partial charge < -0.3 is 4.90 Å². The summed E-state index contributed by atoms with van der Waals surface area (Å²) in [5.41, 5.74) is 1.48. The van der Waals surface area contributed by atoms with Crippen LogP contribution in [0.5, 0.6) is 0 Å². The Morgan fingerprint density at radius 2 is 1.91 bits per heavy atom. The van der Waals surface area contributed by atoms with Crippen LogP contribution in [0.25, 0.3) is 10.2 Å². The Kier molecular flexibility index (Phi) is 6.12. The van der Waals surface area contributed by atoms with Gasteiger partial charge in [0.2, 0.25) is 0 Å². The molecule has 2 aliphatic heterocycles. The Hall–Kier alpha value is -2.84. The molecule has 0 saturated carbocycles. The number of amides is 3. The highest BCUT2D eigenvalue weighted by atomic mass is 32.1. The maximum Gasteiger partial charge on any atom is 0.327 e. The summed E-state index contributed by atoms with van der Waals surface area (Å²) in [4.78, 5) is 41.2. The van der Waals surface area contributed by atoms with Crippen LogP contribution in [0.4, 0.5) is 4.79 Å². The Labute approximate surface area is 198 Å². The number of aromatic nitrogens is 2. The number of pyridine rings is 1. The molecule has 2 aromatic heterocycles. The molecule has 0 aliphatic carbocycles. The first-order valence-electron chi connectivity index (χ1n) is 11.7. The van der Waals surface area contributed by atoms with Gasteiger partial charge in [0.1, 0.15) is 10.5 Å². The van der Waals surface area contributed by atoms with Crippen LogP contribution >= 0.6 is 11.3 Å². The lowest BCUT2D eigenvalue weighted by molar-refractivity contribution is -0.135. The number of nitrogens with zero attached hydrogens (tertiary/aromatic N) is 5. The molecule has 7 nitrogen and oxygen atoms in total. The molecular formula is C25H29N5O2S. The molecule has 0 atom stereocenters. The molecule has 0 bridgehead atoms. The van der Waals surface area contributed by atoms with Gasteiger partial charge in [0.15, 0.2) is 0 Å². The third-order valence-electron chi connectivity index (χ3n) is 6.89. The van der Waals surface area contributed by atoms with Crippen molar-refractivity contribution < 1.29 is 9.59 Å². The average molecular weight is 464 g/mol. The largest absolute Gasteiger partial charge is 0.327 e. The van der Waals surface area contributed by atoms with Crippen molar-refractivity contribution in [3.63, 3.8) is 0 Å². The van der Waals surface area contributed by atoms with E-state index in [1.807, 2.05) is 48.4 Å². The zero-order valence-corrected chi connectivity index (χ0v) is 19.8. The number of benzene rings is 1. The predicted molar refractivity (Wildman–Crippen MR) is 129 cm³/mol. The van der Waals surface area contributed by atoms with Gasteiger partial charge in [-0.1, -0.05) is 18.2 Å². The van der Waals surface area contributed by atoms with Gasteiger partial charge in [0.25, 0.3) is 5.91 Å². The third-order valence-corrected chi connectivity index (χ3v) is 7.91. The van der Waals surface area contributed by atoms with Crippen LogP contribution in [-0.2, 0) is 17.8 Å². The van der Waals surface area contributed by atoms with Gasteiger partial charge in [-0.3, -0.25) is 19.6 Å². The maximum atomic E-state index is 13.5. The van der Waals surface area contributed by atoms with E-state index < -0.39 is 5.54 Å². The zero-order chi connectivity index (χ0) is 22.8. The minimum Gasteiger partial charge on any atom is -0.310 e. The fourth-order valence-electron chi connectivity index (χ4n) is 5.15. The normalized spacial score (nSPS) is 18.7. The number of likely N-dealkylation sites (N-methyl/N-ethyl adjacent to an activating group) is 1. The molecule has 3 aromatic rings. The van der Waals surface area contributed by atoms with E-state index in [-0.39, 0.29) is 11.9 Å². The number of thiazole rings is 1. The molecule has 33 heavy (non-hydrogen) atoms. The molecule has 172 valence electrons. The van der Waals surface area contributed by atoms with Crippen molar-refractivity contribution in [1.82, 2.24) is 24.7 Å². The summed E-state index contributed by atoms with van der Waals surface area (Å²) in [6.07, 6.45) is 6.50. The number of imide groups is 1. The quantitative estimate of drug-likeness (QED) is 0.497. The topological polar surface area (TPSA) is 69.6 Å². The summed E-state index contributed by atoms with van der Waals surface area (Å²) in [6.45, 7) is 5.35. The van der Waals surface area contributed by atoms with Gasteiger partial charge in [-0.05, 0) is 56.4 Å². The van der Waals surface area contributed by atoms with Crippen LogP contribution in [0.2, 0.25) is 0 Å². The molecule has 0 N–H and O–H groups in total. The van der Waals surface area contributed by atoms with E-state index in [9.17, 15) is 9.59 Å². The number of hydrogen-bond donors (Lipinski definition) is 0. The highest BCUT2D eigenvalue weighted by molar-refractivity contribution is 7.18. The van der Waals surface area contributed by atoms with Gasteiger partial charge in [0.05, 0.1) is 16.8 Å². The second kappa shape index (κ2) is 9.19. The molecule has 2 fully saturated rings. The summed E-state index contributed by atoms with van der Waals surface area (Å²) in [5, 5.41) is 1.10. The second-order valence-corrected chi connectivity index (χ2v) is 9.95. The first-order valence-corrected chi connectivity index (χ1v) is 12.5. The number of hydrogen-bond acceptors (Lipinski definition) is 6. The van der Waals surface area contributed by atoms with Crippen LogP contribution in [0, 0.1) is 0 Å². The monoisotopic (exact) mass is 463 g/mol. The molecular weight excluding hydrogens is 434 g/mol. The van der Waals surface area contributed by atoms with Crippen LogP contribution in [0.15, 0.2) is 48.8 Å². The van der Waals surface area contributed by atoms with Gasteiger partial charge >= 0.3 is 6.03 Å². The lowest BCUT2D eigenvalue weighted by atomic mass is 9.86. The standard InChI is InChI=1S/C25H29N5O2S/c1-2-30-24(32)29(14-6-8-19-7-5-13-26-17-19)23(31)25(30)11-15-28(16-12-25)18-22-27-20-9-3-4-10-21(20)33-22/h3-5,7,9-10,13,17H,2,6,8,11-12,14-16,18H2,1H3. The van der Waals surface area contributed by atoms with Crippen LogP contribution in [0.1, 0.15) is 36.8 Å². The highest BCUT2D eigenvalue weighted by Crippen LogP contribution is 2.38. The first-order chi connectivity index (χ1) is 16.1. The Bertz CT molecular complexity index is 1110. The summed E-state index contributed by atoms with van der Waals surface area (Å²) in [6, 6.07) is 12.0. The summed E-state index contributed by atoms with van der Waals surface area (Å²) in [5.74, 6) is -0.0137. The average Bonchev–Trinajstić information content (AvgIpc) is 3.33. The summed E-state index contributed by atoms with van der Waals surface area (Å²) in [7, 11) is 0. The zero-order valence-electron chi connectivity index (χ0n) is 18.9. The van der Waals surface area contributed by atoms with Gasteiger partial charge in [-0.25, -0.2) is 9.78 Å². The van der Waals surface area contributed by atoms with Crippen LogP contribution in [0.3, 0.4) is 0 Å². The molecule has 8 heteroatoms. The molecule has 0 radical (unpaired) electrons. The highest BCUT2D eigenvalue weighted by Gasteiger charge is 2.57. The molecule has 2 saturated heterocycles. The van der Waals surface area contributed by atoms with Crippen molar-refractivity contribution in [1.29, 1.82) is 0 Å². The number of aryl methyl sites for hydroxylation is 1. The minimum atomic E-state index is -0.690. The molecule has 0 unspecified atom stereocenters. The second-order valence-electron chi connectivity index (χ2n) is 8.83. The number of rotatable bonds is 7. The van der Waals surface area contributed by atoms with E-state index in [0.717, 1.165) is 48.6 Å². The molecule has 3 amide bonds. The van der Waals surface area contributed by atoms with Gasteiger partial charge in [0, 0.05) is 38.6 Å². The van der Waals surface area contributed by atoms with Gasteiger partial charge in [-0.15, -0.1) is 11.3 Å². The Balaban J connectivity index is 1.23. The molecule has 4 heterocycles. The maximum absolute atomic E-state index is 13.5. The van der Waals surface area contributed by atoms with E-state index >= 15 is 0 Å². The summed E-state index contributed by atoms with van der Waals surface area (Å²) >= 11 is 1.73. The van der Waals surface area contributed by atoms with Gasteiger partial charge in [-0.2, -0.15) is 0 Å². The van der Waals surface area contributed by atoms with Crippen molar-refractivity contribution in [3.8, 4) is 0 Å². The van der Waals surface area contributed by atoms with Crippen molar-refractivity contribution in [2.24, 2.45) is 0 Å². The summed E-state index contributed by atoms with van der Waals surface area (Å²) < 4.78 is 1.21. The SMILES string of the molecule is CCN1C(=O)N(CCCc2cccnc2)C(=O)C12CCN(Cc1nc3ccccc3s1)CC2. The van der Waals surface area contributed by atoms with E-state index in [0.29, 0.717) is 25.9 Å². The number of piperidine rings is 1. The van der Waals surface area contributed by atoms with E-state index in [2.05, 4.69) is 16.0 Å². The third kappa shape index (κ3) is 4.13. The van der Waals surface area contributed by atoms with E-state index in [4.69, 9.17) is 4.98 Å². The Morgan fingerprint density at radius 3 is 2.64 bits per heavy atom. The van der Waals surface area contributed by atoms with E-state index in [1.165, 1.54) is 9.60 Å².